The smallest absolute Gasteiger partial charge is 0.296 e. The van der Waals surface area contributed by atoms with E-state index in [9.17, 15) is 35.5 Å². The number of nitrogen functional groups attached to an aromatic ring is 1. The average Bonchev–Trinajstić information content (AvgIpc) is 3.00. The van der Waals surface area contributed by atoms with Crippen LogP contribution < -0.4 is 16.5 Å². The van der Waals surface area contributed by atoms with Gasteiger partial charge in [-0.2, -0.15) is 32.2 Å². The van der Waals surface area contributed by atoms with Gasteiger partial charge in [-0.1, -0.05) is 11.6 Å². The summed E-state index contributed by atoms with van der Waals surface area (Å²) in [6, 6.07) is 19.0. The number of nitrogens with two attached hydrogens (primary N) is 1. The van der Waals surface area contributed by atoms with E-state index < -0.39 is 41.5 Å². The summed E-state index contributed by atoms with van der Waals surface area (Å²) >= 11 is 5.81. The average molecular weight is 695 g/mol. The van der Waals surface area contributed by atoms with Gasteiger partial charge in [0, 0.05) is 22.5 Å². The number of rotatable bonds is 8. The van der Waals surface area contributed by atoms with Crippen LogP contribution in [-0.2, 0) is 20.2 Å². The fourth-order valence-electron chi connectivity index (χ4n) is 4.38. The third kappa shape index (κ3) is 7.59. The molecule has 47 heavy (non-hydrogen) atoms. The first kappa shape index (κ1) is 33.1. The molecule has 0 saturated carbocycles. The number of benzene rings is 4. The van der Waals surface area contributed by atoms with Gasteiger partial charge in [0.2, 0.25) is 5.78 Å². The Morgan fingerprint density at radius 1 is 0.851 bits per heavy atom. The van der Waals surface area contributed by atoms with E-state index in [4.69, 9.17) is 17.3 Å². The molecule has 0 aliphatic heterocycles. The predicted molar refractivity (Wildman–Crippen MR) is 177 cm³/mol. The van der Waals surface area contributed by atoms with Crippen molar-refractivity contribution in [3.63, 3.8) is 0 Å². The van der Waals surface area contributed by atoms with E-state index in [1.807, 2.05) is 0 Å². The third-order valence-electron chi connectivity index (χ3n) is 6.70. The summed E-state index contributed by atoms with van der Waals surface area (Å²) in [5.74, 6) is -1.19. The van der Waals surface area contributed by atoms with E-state index in [-0.39, 0.29) is 33.4 Å². The highest BCUT2D eigenvalue weighted by Crippen LogP contribution is 2.31. The maximum absolute atomic E-state index is 13.3. The fraction of sp³-hybridized carbons (Fsp3) is 0.0333. The first-order valence-corrected chi connectivity index (χ1v) is 16.5. The number of hydrazone groups is 1. The molecule has 0 atom stereocenters. The lowest BCUT2D eigenvalue weighted by atomic mass is 9.94. The van der Waals surface area contributed by atoms with Crippen LogP contribution in [-0.4, -0.2) is 43.3 Å². The van der Waals surface area contributed by atoms with Gasteiger partial charge in [-0.05, 0) is 103 Å². The molecule has 1 amide bonds. The second-order valence-electron chi connectivity index (χ2n) is 10.1. The molecule has 1 aliphatic rings. The molecule has 0 unspecified atom stereocenters. The monoisotopic (exact) mass is 694 g/mol. The van der Waals surface area contributed by atoms with E-state index in [0.29, 0.717) is 28.2 Å². The summed E-state index contributed by atoms with van der Waals surface area (Å²) in [5, 5.41) is 14.7. The van der Waals surface area contributed by atoms with Gasteiger partial charge in [-0.3, -0.25) is 24.1 Å². The Kier molecular flexibility index (Phi) is 9.06. The minimum atomic E-state index is -4.98. The first-order valence-electron chi connectivity index (χ1n) is 13.3. The van der Waals surface area contributed by atoms with Crippen LogP contribution in [0.3, 0.4) is 0 Å². The fourth-order valence-corrected chi connectivity index (χ4v) is 6.03. The van der Waals surface area contributed by atoms with Crippen molar-refractivity contribution in [2.45, 2.75) is 11.8 Å². The zero-order chi connectivity index (χ0) is 34.1. The number of hydrogen-bond acceptors (Lipinski definition) is 11. The number of anilines is 3. The van der Waals surface area contributed by atoms with Gasteiger partial charge in [-0.15, -0.1) is 0 Å². The van der Waals surface area contributed by atoms with Gasteiger partial charge in [0.25, 0.3) is 26.1 Å². The van der Waals surface area contributed by atoms with E-state index in [1.165, 1.54) is 24.3 Å². The Morgan fingerprint density at radius 3 is 2.21 bits per heavy atom. The standard InChI is InChI=1S/C30H23ClN6O8S2/c1-16-12-20(33-30(39)17-2-4-19(32)5-3-17)8-11-25(16)36-34-21-6-9-23-18(13-21)14-27(47(43,44)45)28(29(23)38)37-35-22-7-10-24(31)26(15-22)46(40,41)42/h2-15,35H,32H2,1H3,(H,33,39)(H,40,41,42)(H,43,44,45)/b36-34?,37-28-. The van der Waals surface area contributed by atoms with Crippen LogP contribution in [0, 0.1) is 6.92 Å². The van der Waals surface area contributed by atoms with Crippen molar-refractivity contribution < 1.29 is 35.5 Å². The number of aryl methyl sites for hydroxylation is 1. The second-order valence-corrected chi connectivity index (χ2v) is 13.2. The molecule has 0 fully saturated rings. The zero-order valence-electron chi connectivity index (χ0n) is 24.0. The molecule has 0 aromatic heterocycles. The maximum atomic E-state index is 13.3. The maximum Gasteiger partial charge on any atom is 0.296 e. The van der Waals surface area contributed by atoms with Crippen LogP contribution in [0.4, 0.5) is 28.4 Å². The number of amides is 1. The molecule has 0 radical (unpaired) electrons. The molecule has 14 nitrogen and oxygen atoms in total. The van der Waals surface area contributed by atoms with Crippen molar-refractivity contribution in [2.24, 2.45) is 15.3 Å². The van der Waals surface area contributed by atoms with Crippen LogP contribution in [0.5, 0.6) is 0 Å². The SMILES string of the molecule is Cc1cc(NC(=O)c2ccc(N)cc2)ccc1N=Nc1ccc2c(c1)C=C(S(=O)(=O)O)/C(=N/Nc1ccc(Cl)c(S(=O)(=O)O)c1)C2=O. The molecule has 0 heterocycles. The van der Waals surface area contributed by atoms with Gasteiger partial charge in [0.1, 0.15) is 9.80 Å². The van der Waals surface area contributed by atoms with Crippen LogP contribution in [0.2, 0.25) is 5.02 Å². The van der Waals surface area contributed by atoms with Crippen LogP contribution in [0.15, 0.2) is 104 Å². The number of azo groups is 1. The Morgan fingerprint density at radius 2 is 1.55 bits per heavy atom. The lowest BCUT2D eigenvalue weighted by Crippen LogP contribution is -2.27. The Balaban J connectivity index is 1.38. The molecule has 240 valence electrons. The highest BCUT2D eigenvalue weighted by molar-refractivity contribution is 7.91. The summed E-state index contributed by atoms with van der Waals surface area (Å²) in [7, 11) is -9.68. The summed E-state index contributed by atoms with van der Waals surface area (Å²) < 4.78 is 66.8. The number of carbonyl (C=O) groups excluding carboxylic acids is 2. The Hall–Kier alpha value is -5.26. The molecular weight excluding hydrogens is 672 g/mol. The van der Waals surface area contributed by atoms with Crippen LogP contribution >= 0.6 is 11.6 Å². The molecule has 4 aromatic rings. The Bertz CT molecular complexity index is 2270. The lowest BCUT2D eigenvalue weighted by Gasteiger charge is -2.16. The zero-order valence-corrected chi connectivity index (χ0v) is 26.4. The van der Waals surface area contributed by atoms with Crippen LogP contribution in [0.25, 0.3) is 6.08 Å². The molecule has 0 saturated heterocycles. The number of nitrogens with one attached hydrogen (secondary N) is 2. The number of nitrogens with zero attached hydrogens (tertiary/aromatic N) is 3. The number of fused-ring (bicyclic) bond motifs is 1. The van der Waals surface area contributed by atoms with E-state index in [2.05, 4.69) is 26.1 Å². The first-order chi connectivity index (χ1) is 22.1. The molecule has 0 bridgehead atoms. The minimum Gasteiger partial charge on any atom is -0.399 e. The van der Waals surface area contributed by atoms with Crippen molar-refractivity contribution in [3.8, 4) is 0 Å². The quantitative estimate of drug-likeness (QED) is 0.0621. The second kappa shape index (κ2) is 12.9. The van der Waals surface area contributed by atoms with Gasteiger partial charge in [0.15, 0.2) is 5.71 Å². The number of allylic oxidation sites excluding steroid dienone is 1. The van der Waals surface area contributed by atoms with Gasteiger partial charge in [-0.25, -0.2) is 0 Å². The van der Waals surface area contributed by atoms with Crippen molar-refractivity contribution in [1.29, 1.82) is 0 Å². The number of Topliss-reactive ketones (excluding diaryl/α,β-unsaturated/α-hetero) is 1. The van der Waals surface area contributed by atoms with Gasteiger partial charge < -0.3 is 11.1 Å². The summed E-state index contributed by atoms with van der Waals surface area (Å²) in [6.07, 6.45) is 1.03. The van der Waals surface area contributed by atoms with Crippen LogP contribution in [0.1, 0.15) is 31.8 Å². The van der Waals surface area contributed by atoms with Crippen molar-refractivity contribution in [1.82, 2.24) is 0 Å². The molecule has 6 N–H and O–H groups in total. The van der Waals surface area contributed by atoms with Crippen molar-refractivity contribution in [3.05, 3.63) is 111 Å². The lowest BCUT2D eigenvalue weighted by molar-refractivity contribution is 0.102. The minimum absolute atomic E-state index is 0.0315. The van der Waals surface area contributed by atoms with Gasteiger partial charge in [0.05, 0.1) is 22.1 Å². The number of hydrogen-bond donors (Lipinski definition) is 5. The van der Waals surface area contributed by atoms with E-state index in [1.54, 1.807) is 49.4 Å². The molecule has 5 rings (SSSR count). The normalized spacial score (nSPS) is 14.2. The largest absolute Gasteiger partial charge is 0.399 e. The Labute approximate surface area is 273 Å². The topological polar surface area (TPSA) is 230 Å². The predicted octanol–water partition coefficient (Wildman–Crippen LogP) is 6.04. The summed E-state index contributed by atoms with van der Waals surface area (Å²) in [5.41, 5.74) is 10.3. The highest BCUT2D eigenvalue weighted by atomic mass is 35.5. The van der Waals surface area contributed by atoms with Crippen molar-refractivity contribution >= 4 is 83.8 Å². The molecule has 17 heteroatoms. The van der Waals surface area contributed by atoms with Gasteiger partial charge >= 0.3 is 0 Å². The summed E-state index contributed by atoms with van der Waals surface area (Å²) in [6.45, 7) is 1.77. The molecule has 0 spiro atoms. The number of carbonyl (C=O) groups is 2. The van der Waals surface area contributed by atoms with Crippen molar-refractivity contribution in [2.75, 3.05) is 16.5 Å². The third-order valence-corrected chi connectivity index (χ3v) is 8.90. The number of halogens is 1. The highest BCUT2D eigenvalue weighted by Gasteiger charge is 2.33. The molecule has 1 aliphatic carbocycles. The summed E-state index contributed by atoms with van der Waals surface area (Å²) in [4.78, 5) is 24.3. The molecule has 4 aromatic carbocycles. The van der Waals surface area contributed by atoms with E-state index in [0.717, 1.165) is 18.2 Å². The number of ketones is 1. The molecular formula is C30H23ClN6O8S2. The van der Waals surface area contributed by atoms with E-state index >= 15 is 0 Å².